The number of nitrogens with one attached hydrogen (secondary N) is 1. The zero-order valence-corrected chi connectivity index (χ0v) is 16.5. The van der Waals surface area contributed by atoms with Gasteiger partial charge in [-0.3, -0.25) is 10.1 Å². The minimum absolute atomic E-state index is 0.0971. The minimum Gasteiger partial charge on any atom is -0.494 e. The first-order chi connectivity index (χ1) is 13.7. The fraction of sp³-hybridized carbons (Fsp3) is 0.333. The molecule has 4 rings (SSSR count). The Morgan fingerprint density at radius 2 is 2.18 bits per heavy atom. The Labute approximate surface area is 167 Å². The third kappa shape index (κ3) is 4.26. The summed E-state index contributed by atoms with van der Waals surface area (Å²) in [5, 5.41) is 3.43. The predicted molar refractivity (Wildman–Crippen MR) is 110 cm³/mol. The number of ether oxygens (including phenoxy) is 3. The predicted octanol–water partition coefficient (Wildman–Crippen LogP) is 4.51. The van der Waals surface area contributed by atoms with Crippen molar-refractivity contribution in [1.82, 2.24) is 4.98 Å². The van der Waals surface area contributed by atoms with Gasteiger partial charge in [-0.2, -0.15) is 0 Å². The highest BCUT2D eigenvalue weighted by Gasteiger charge is 2.19. The molecule has 146 valence electrons. The second-order valence-electron chi connectivity index (χ2n) is 6.48. The average Bonchev–Trinajstić information content (AvgIpc) is 3.35. The number of rotatable bonds is 7. The molecule has 0 aliphatic carbocycles. The number of hydrogen-bond donors (Lipinski definition) is 1. The van der Waals surface area contributed by atoms with E-state index in [4.69, 9.17) is 14.2 Å². The maximum absolute atomic E-state index is 12.8. The van der Waals surface area contributed by atoms with Gasteiger partial charge in [-0.05, 0) is 50.1 Å². The number of aromatic nitrogens is 1. The Morgan fingerprint density at radius 3 is 3.00 bits per heavy atom. The first-order valence-corrected chi connectivity index (χ1v) is 10.2. The number of thiazole rings is 1. The highest BCUT2D eigenvalue weighted by Crippen LogP contribution is 2.30. The van der Waals surface area contributed by atoms with Gasteiger partial charge in [-0.1, -0.05) is 23.5 Å². The van der Waals surface area contributed by atoms with Gasteiger partial charge in [0.1, 0.15) is 18.1 Å². The van der Waals surface area contributed by atoms with Crippen LogP contribution in [0.25, 0.3) is 10.2 Å². The molecular formula is C21H22N2O4S. The summed E-state index contributed by atoms with van der Waals surface area (Å²) in [6.45, 7) is 3.78. The van der Waals surface area contributed by atoms with Gasteiger partial charge < -0.3 is 14.2 Å². The number of amides is 1. The van der Waals surface area contributed by atoms with E-state index in [9.17, 15) is 4.79 Å². The normalized spacial score (nSPS) is 16.2. The van der Waals surface area contributed by atoms with Crippen LogP contribution in [0.2, 0.25) is 0 Å². The summed E-state index contributed by atoms with van der Waals surface area (Å²) in [5.41, 5.74) is 1.31. The standard InChI is InChI=1S/C21H22N2O4S/c1-2-25-14-9-10-17-19(12-14)28-21(22-17)23-20(24)16-7-3-4-8-18(16)27-13-15-6-5-11-26-15/h3-4,7-10,12,15H,2,5-6,11,13H2,1H3,(H,22,23,24). The lowest BCUT2D eigenvalue weighted by atomic mass is 10.2. The molecule has 1 saturated heterocycles. The van der Waals surface area contributed by atoms with E-state index in [-0.39, 0.29) is 12.0 Å². The molecule has 0 bridgehead atoms. The van der Waals surface area contributed by atoms with Gasteiger partial charge in [0, 0.05) is 6.61 Å². The van der Waals surface area contributed by atoms with E-state index in [1.165, 1.54) is 11.3 Å². The fourth-order valence-electron chi connectivity index (χ4n) is 3.12. The molecule has 0 saturated carbocycles. The fourth-order valence-corrected chi connectivity index (χ4v) is 4.01. The highest BCUT2D eigenvalue weighted by molar-refractivity contribution is 7.22. The zero-order valence-electron chi connectivity index (χ0n) is 15.6. The number of carbonyl (C=O) groups excluding carboxylic acids is 1. The number of anilines is 1. The van der Waals surface area contributed by atoms with Crippen molar-refractivity contribution in [2.24, 2.45) is 0 Å². The van der Waals surface area contributed by atoms with E-state index in [0.29, 0.717) is 29.7 Å². The van der Waals surface area contributed by atoms with Gasteiger partial charge in [0.05, 0.1) is 28.5 Å². The van der Waals surface area contributed by atoms with Crippen LogP contribution in [0.3, 0.4) is 0 Å². The number of carbonyl (C=O) groups is 1. The molecule has 1 aliphatic rings. The molecule has 0 spiro atoms. The van der Waals surface area contributed by atoms with Crippen molar-refractivity contribution in [2.75, 3.05) is 25.1 Å². The van der Waals surface area contributed by atoms with Crippen LogP contribution >= 0.6 is 11.3 Å². The van der Waals surface area contributed by atoms with E-state index in [0.717, 1.165) is 35.4 Å². The summed E-state index contributed by atoms with van der Waals surface area (Å²) in [6, 6.07) is 12.9. The molecule has 0 radical (unpaired) electrons. The third-order valence-electron chi connectivity index (χ3n) is 4.47. The minimum atomic E-state index is -0.243. The van der Waals surface area contributed by atoms with E-state index in [1.807, 2.05) is 37.3 Å². The Hall–Kier alpha value is -2.64. The van der Waals surface area contributed by atoms with Gasteiger partial charge in [0.15, 0.2) is 5.13 Å². The average molecular weight is 398 g/mol. The number of benzene rings is 2. The summed E-state index contributed by atoms with van der Waals surface area (Å²) >= 11 is 1.42. The topological polar surface area (TPSA) is 69.7 Å². The van der Waals surface area contributed by atoms with E-state index in [1.54, 1.807) is 12.1 Å². The maximum atomic E-state index is 12.8. The first kappa shape index (κ1) is 18.7. The van der Waals surface area contributed by atoms with Crippen molar-refractivity contribution in [3.63, 3.8) is 0 Å². The molecule has 2 heterocycles. The molecule has 3 aromatic rings. The molecule has 1 aliphatic heterocycles. The Bertz CT molecular complexity index is 966. The van der Waals surface area contributed by atoms with Crippen LogP contribution < -0.4 is 14.8 Å². The molecule has 2 aromatic carbocycles. The number of nitrogens with zero attached hydrogens (tertiary/aromatic N) is 1. The van der Waals surface area contributed by atoms with Gasteiger partial charge in [0.25, 0.3) is 5.91 Å². The molecular weight excluding hydrogens is 376 g/mol. The van der Waals surface area contributed by atoms with Crippen molar-refractivity contribution >= 4 is 32.6 Å². The van der Waals surface area contributed by atoms with Gasteiger partial charge in [-0.25, -0.2) is 4.98 Å². The summed E-state index contributed by atoms with van der Waals surface area (Å²) in [6.07, 6.45) is 2.14. The van der Waals surface area contributed by atoms with Crippen molar-refractivity contribution in [1.29, 1.82) is 0 Å². The Kier molecular flexibility index (Phi) is 5.73. The van der Waals surface area contributed by atoms with Crippen LogP contribution in [0.5, 0.6) is 11.5 Å². The lowest BCUT2D eigenvalue weighted by Gasteiger charge is -2.14. The van der Waals surface area contributed by atoms with Crippen LogP contribution in [0, 0.1) is 0 Å². The molecule has 1 aromatic heterocycles. The van der Waals surface area contributed by atoms with Gasteiger partial charge in [-0.15, -0.1) is 0 Å². The van der Waals surface area contributed by atoms with Crippen molar-refractivity contribution < 1.29 is 19.0 Å². The maximum Gasteiger partial charge on any atom is 0.261 e. The van der Waals surface area contributed by atoms with Gasteiger partial charge >= 0.3 is 0 Å². The SMILES string of the molecule is CCOc1ccc2nc(NC(=O)c3ccccc3OCC3CCCO3)sc2c1. The number of para-hydroxylation sites is 1. The van der Waals surface area contributed by atoms with Crippen LogP contribution in [0.15, 0.2) is 42.5 Å². The lowest BCUT2D eigenvalue weighted by Crippen LogP contribution is -2.19. The Balaban J connectivity index is 1.48. The second kappa shape index (κ2) is 8.58. The monoisotopic (exact) mass is 398 g/mol. The van der Waals surface area contributed by atoms with Crippen LogP contribution in [0.1, 0.15) is 30.1 Å². The van der Waals surface area contributed by atoms with Crippen molar-refractivity contribution in [2.45, 2.75) is 25.9 Å². The molecule has 28 heavy (non-hydrogen) atoms. The summed E-state index contributed by atoms with van der Waals surface area (Å²) in [5.74, 6) is 1.10. The van der Waals surface area contributed by atoms with Gasteiger partial charge in [0.2, 0.25) is 0 Å². The summed E-state index contributed by atoms with van der Waals surface area (Å²) in [7, 11) is 0. The van der Waals surface area contributed by atoms with Crippen LogP contribution in [-0.2, 0) is 4.74 Å². The zero-order chi connectivity index (χ0) is 19.3. The van der Waals surface area contributed by atoms with E-state index in [2.05, 4.69) is 10.3 Å². The third-order valence-corrected chi connectivity index (χ3v) is 5.41. The molecule has 7 heteroatoms. The largest absolute Gasteiger partial charge is 0.494 e. The number of hydrogen-bond acceptors (Lipinski definition) is 6. The summed E-state index contributed by atoms with van der Waals surface area (Å²) in [4.78, 5) is 17.3. The first-order valence-electron chi connectivity index (χ1n) is 9.41. The van der Waals surface area contributed by atoms with Crippen molar-refractivity contribution in [3.8, 4) is 11.5 Å². The van der Waals surface area contributed by atoms with Crippen LogP contribution in [-0.4, -0.2) is 36.8 Å². The second-order valence-corrected chi connectivity index (χ2v) is 7.51. The lowest BCUT2D eigenvalue weighted by molar-refractivity contribution is 0.0673. The number of fused-ring (bicyclic) bond motifs is 1. The molecule has 6 nitrogen and oxygen atoms in total. The van der Waals surface area contributed by atoms with Crippen molar-refractivity contribution in [3.05, 3.63) is 48.0 Å². The molecule has 1 N–H and O–H groups in total. The van der Waals surface area contributed by atoms with E-state index < -0.39 is 0 Å². The van der Waals surface area contributed by atoms with E-state index >= 15 is 0 Å². The summed E-state index contributed by atoms with van der Waals surface area (Å²) < 4.78 is 17.9. The quantitative estimate of drug-likeness (QED) is 0.634. The molecule has 1 amide bonds. The molecule has 1 fully saturated rings. The Morgan fingerprint density at radius 1 is 1.29 bits per heavy atom. The molecule has 1 unspecified atom stereocenters. The smallest absolute Gasteiger partial charge is 0.261 e. The highest BCUT2D eigenvalue weighted by atomic mass is 32.1. The van der Waals surface area contributed by atoms with Crippen LogP contribution in [0.4, 0.5) is 5.13 Å². The molecule has 1 atom stereocenters.